The third-order valence-corrected chi connectivity index (χ3v) is 4.54. The summed E-state index contributed by atoms with van der Waals surface area (Å²) in [5.41, 5.74) is 0.973. The van der Waals surface area contributed by atoms with Crippen molar-refractivity contribution in [2.24, 2.45) is 0 Å². The van der Waals surface area contributed by atoms with Crippen molar-refractivity contribution in [3.63, 3.8) is 0 Å². The lowest BCUT2D eigenvalue weighted by Crippen LogP contribution is -2.31. The second-order valence-corrected chi connectivity index (χ2v) is 7.54. The number of para-hydroxylation sites is 1. The lowest BCUT2D eigenvalue weighted by atomic mass is 10.3. The van der Waals surface area contributed by atoms with Gasteiger partial charge in [0.15, 0.2) is 0 Å². The second-order valence-electron chi connectivity index (χ2n) is 4.59. The van der Waals surface area contributed by atoms with E-state index in [2.05, 4.69) is 15.0 Å². The number of thiazole rings is 1. The zero-order valence-electron chi connectivity index (χ0n) is 11.6. The molecule has 0 aliphatic carbocycles. The zero-order chi connectivity index (χ0) is 15.3. The Morgan fingerprint density at radius 3 is 2.76 bits per heavy atom. The Bertz CT molecular complexity index is 692. The molecule has 0 aliphatic heterocycles. The molecular formula is C13H17N3O3S2. The van der Waals surface area contributed by atoms with E-state index in [1.807, 2.05) is 24.3 Å². The normalized spacial score (nSPS) is 11.7. The molecule has 8 heteroatoms. The maximum Gasteiger partial charge on any atom is 0.221 e. The first-order valence-corrected chi connectivity index (χ1v) is 9.20. The van der Waals surface area contributed by atoms with Crippen molar-refractivity contribution >= 4 is 37.5 Å². The summed E-state index contributed by atoms with van der Waals surface area (Å²) in [7, 11) is -3.24. The van der Waals surface area contributed by atoms with Gasteiger partial charge in [-0.2, -0.15) is 0 Å². The van der Waals surface area contributed by atoms with Crippen molar-refractivity contribution in [1.29, 1.82) is 0 Å². The summed E-state index contributed by atoms with van der Waals surface area (Å²) in [4.78, 5) is 16.0. The number of benzene rings is 1. The molecule has 0 spiro atoms. The highest BCUT2D eigenvalue weighted by atomic mass is 32.2. The van der Waals surface area contributed by atoms with Crippen LogP contribution in [0.2, 0.25) is 0 Å². The Kier molecular flexibility index (Phi) is 5.27. The van der Waals surface area contributed by atoms with Gasteiger partial charge in [0.25, 0.3) is 0 Å². The minimum absolute atomic E-state index is 0.117. The first-order chi connectivity index (χ1) is 9.94. The van der Waals surface area contributed by atoms with Gasteiger partial charge in [0.05, 0.1) is 21.5 Å². The van der Waals surface area contributed by atoms with Gasteiger partial charge in [-0.15, -0.1) is 11.3 Å². The fourth-order valence-electron chi connectivity index (χ4n) is 1.77. The number of amides is 1. The highest BCUT2D eigenvalue weighted by Gasteiger charge is 2.06. The largest absolute Gasteiger partial charge is 0.356 e. The third-order valence-electron chi connectivity index (χ3n) is 2.72. The van der Waals surface area contributed by atoms with E-state index in [1.54, 1.807) is 11.3 Å². The molecule has 114 valence electrons. The molecule has 0 unspecified atom stereocenters. The molecule has 0 saturated carbocycles. The summed E-state index contributed by atoms with van der Waals surface area (Å²) < 4.78 is 25.1. The molecule has 1 aromatic carbocycles. The van der Waals surface area contributed by atoms with Gasteiger partial charge in [0.2, 0.25) is 15.9 Å². The molecule has 0 fully saturated rings. The van der Waals surface area contributed by atoms with Gasteiger partial charge in [-0.05, 0) is 12.1 Å². The molecule has 6 nitrogen and oxygen atoms in total. The van der Waals surface area contributed by atoms with Gasteiger partial charge < -0.3 is 5.32 Å². The predicted molar refractivity (Wildman–Crippen MR) is 83.8 cm³/mol. The average molecular weight is 327 g/mol. The molecular weight excluding hydrogens is 310 g/mol. The van der Waals surface area contributed by atoms with Crippen LogP contribution >= 0.6 is 11.3 Å². The number of fused-ring (bicyclic) bond motifs is 1. The van der Waals surface area contributed by atoms with Crippen molar-refractivity contribution in [2.45, 2.75) is 12.8 Å². The van der Waals surface area contributed by atoms with Crippen LogP contribution in [-0.4, -0.2) is 38.7 Å². The van der Waals surface area contributed by atoms with Crippen LogP contribution in [0.15, 0.2) is 24.3 Å². The number of carbonyl (C=O) groups is 1. The van der Waals surface area contributed by atoms with Crippen LogP contribution in [0.3, 0.4) is 0 Å². The maximum atomic E-state index is 11.5. The van der Waals surface area contributed by atoms with Gasteiger partial charge in [0.1, 0.15) is 0 Å². The van der Waals surface area contributed by atoms with Crippen molar-refractivity contribution in [2.75, 3.05) is 19.3 Å². The summed E-state index contributed by atoms with van der Waals surface area (Å²) in [6.45, 7) is 0.614. The van der Waals surface area contributed by atoms with E-state index in [4.69, 9.17) is 0 Å². The molecule has 2 rings (SSSR count). The molecule has 0 bridgehead atoms. The predicted octanol–water partition coefficient (Wildman–Crippen LogP) is 0.894. The third kappa shape index (κ3) is 5.41. The Labute approximate surface area is 127 Å². The van der Waals surface area contributed by atoms with Crippen LogP contribution in [0.5, 0.6) is 0 Å². The maximum absolute atomic E-state index is 11.5. The lowest BCUT2D eigenvalue weighted by Gasteiger charge is -2.04. The fraction of sp³-hybridized carbons (Fsp3) is 0.385. The molecule has 1 aromatic heterocycles. The standard InChI is InChI=1S/C13H17N3O3S2/c1-21(18,19)15-9-6-12(17)14-8-7-13-16-10-4-2-3-5-11(10)20-13/h2-5,15H,6-9H2,1H3,(H,14,17). The highest BCUT2D eigenvalue weighted by Crippen LogP contribution is 2.21. The monoisotopic (exact) mass is 327 g/mol. The summed E-state index contributed by atoms with van der Waals surface area (Å²) in [5.74, 6) is -0.174. The average Bonchev–Trinajstić information content (AvgIpc) is 2.79. The van der Waals surface area contributed by atoms with E-state index >= 15 is 0 Å². The van der Waals surface area contributed by atoms with Crippen molar-refractivity contribution < 1.29 is 13.2 Å². The van der Waals surface area contributed by atoms with E-state index in [0.29, 0.717) is 13.0 Å². The first-order valence-electron chi connectivity index (χ1n) is 6.50. The van der Waals surface area contributed by atoms with Crippen molar-refractivity contribution in [3.8, 4) is 0 Å². The van der Waals surface area contributed by atoms with Crippen LogP contribution in [0.1, 0.15) is 11.4 Å². The number of nitrogens with one attached hydrogen (secondary N) is 2. The molecule has 2 aromatic rings. The van der Waals surface area contributed by atoms with Gasteiger partial charge in [-0.25, -0.2) is 18.1 Å². The van der Waals surface area contributed by atoms with Crippen LogP contribution in [0, 0.1) is 0 Å². The molecule has 0 radical (unpaired) electrons. The van der Waals surface area contributed by atoms with Gasteiger partial charge in [-0.3, -0.25) is 4.79 Å². The molecule has 1 heterocycles. The Hall–Kier alpha value is -1.51. The van der Waals surface area contributed by atoms with E-state index in [9.17, 15) is 13.2 Å². The Balaban J connectivity index is 1.72. The second kappa shape index (κ2) is 6.97. The molecule has 1 amide bonds. The molecule has 0 atom stereocenters. The Morgan fingerprint density at radius 1 is 1.29 bits per heavy atom. The van der Waals surface area contributed by atoms with Crippen molar-refractivity contribution in [3.05, 3.63) is 29.3 Å². The lowest BCUT2D eigenvalue weighted by molar-refractivity contribution is -0.120. The van der Waals surface area contributed by atoms with Gasteiger partial charge >= 0.3 is 0 Å². The van der Waals surface area contributed by atoms with Crippen LogP contribution in [-0.2, 0) is 21.2 Å². The number of hydrogen-bond acceptors (Lipinski definition) is 5. The smallest absolute Gasteiger partial charge is 0.221 e. The minimum atomic E-state index is -3.24. The summed E-state index contributed by atoms with van der Waals surface area (Å²) in [6, 6.07) is 7.90. The quantitative estimate of drug-likeness (QED) is 0.791. The van der Waals surface area contributed by atoms with Gasteiger partial charge in [0, 0.05) is 25.9 Å². The number of nitrogens with zero attached hydrogens (tertiary/aromatic N) is 1. The first kappa shape index (κ1) is 15.9. The number of aromatic nitrogens is 1. The Morgan fingerprint density at radius 2 is 2.05 bits per heavy atom. The van der Waals surface area contributed by atoms with Crippen molar-refractivity contribution in [1.82, 2.24) is 15.0 Å². The minimum Gasteiger partial charge on any atom is -0.356 e. The molecule has 2 N–H and O–H groups in total. The van der Waals surface area contributed by atoms with E-state index in [1.165, 1.54) is 0 Å². The summed E-state index contributed by atoms with van der Waals surface area (Å²) in [5, 5.41) is 3.73. The van der Waals surface area contributed by atoms with Crippen LogP contribution in [0.4, 0.5) is 0 Å². The van der Waals surface area contributed by atoms with Crippen LogP contribution in [0.25, 0.3) is 10.2 Å². The van der Waals surface area contributed by atoms with E-state index in [0.717, 1.165) is 21.5 Å². The number of rotatable bonds is 7. The summed E-state index contributed by atoms with van der Waals surface area (Å²) in [6.07, 6.45) is 1.87. The topological polar surface area (TPSA) is 88.2 Å². The number of carbonyl (C=O) groups excluding carboxylic acids is 1. The fourth-order valence-corrected chi connectivity index (χ4v) is 3.21. The number of sulfonamides is 1. The van der Waals surface area contributed by atoms with E-state index < -0.39 is 10.0 Å². The van der Waals surface area contributed by atoms with Crippen LogP contribution < -0.4 is 10.0 Å². The molecule has 0 saturated heterocycles. The zero-order valence-corrected chi connectivity index (χ0v) is 13.3. The SMILES string of the molecule is CS(=O)(=O)NCCC(=O)NCCc1nc2ccccc2s1. The molecule has 21 heavy (non-hydrogen) atoms. The highest BCUT2D eigenvalue weighted by molar-refractivity contribution is 7.88. The van der Waals surface area contributed by atoms with E-state index in [-0.39, 0.29) is 18.9 Å². The molecule has 0 aliphatic rings. The van der Waals surface area contributed by atoms with Gasteiger partial charge in [-0.1, -0.05) is 12.1 Å². The summed E-state index contributed by atoms with van der Waals surface area (Å²) >= 11 is 1.62. The number of hydrogen-bond donors (Lipinski definition) is 2.